The van der Waals surface area contributed by atoms with Crippen molar-refractivity contribution < 1.29 is 21.9 Å². The molecular formula is C16H17F2NO3S. The van der Waals surface area contributed by atoms with Crippen LogP contribution in [0.2, 0.25) is 0 Å². The molecule has 1 N–H and O–H groups in total. The molecule has 0 aromatic heterocycles. The van der Waals surface area contributed by atoms with Crippen LogP contribution in [0, 0.1) is 13.8 Å². The van der Waals surface area contributed by atoms with E-state index in [0.29, 0.717) is 5.56 Å². The predicted octanol–water partition coefficient (Wildman–Crippen LogP) is 3.38. The number of sulfonamides is 1. The Bertz CT molecular complexity index is 774. The molecule has 2 rings (SSSR count). The molecule has 2 aromatic carbocycles. The van der Waals surface area contributed by atoms with E-state index in [9.17, 15) is 17.2 Å². The van der Waals surface area contributed by atoms with Crippen LogP contribution in [-0.2, 0) is 16.6 Å². The SMILES string of the molecule is Cc1ccc(S(=O)(=O)NCc2ccc(OC(F)F)cc2)cc1C. The highest BCUT2D eigenvalue weighted by Gasteiger charge is 2.14. The lowest BCUT2D eigenvalue weighted by Gasteiger charge is -2.09. The average Bonchev–Trinajstić information content (AvgIpc) is 2.49. The van der Waals surface area contributed by atoms with Gasteiger partial charge in [0, 0.05) is 6.54 Å². The number of benzene rings is 2. The van der Waals surface area contributed by atoms with Crippen molar-refractivity contribution in [3.63, 3.8) is 0 Å². The maximum absolute atomic E-state index is 12.2. The summed E-state index contributed by atoms with van der Waals surface area (Å²) in [5.41, 5.74) is 2.54. The summed E-state index contributed by atoms with van der Waals surface area (Å²) in [5.74, 6) is 0.0285. The molecule has 0 aliphatic heterocycles. The van der Waals surface area contributed by atoms with Crippen molar-refractivity contribution in [3.05, 3.63) is 59.2 Å². The molecule has 0 bridgehead atoms. The Labute approximate surface area is 134 Å². The number of rotatable bonds is 6. The average molecular weight is 341 g/mol. The summed E-state index contributed by atoms with van der Waals surface area (Å²) in [6.45, 7) is 0.923. The lowest BCUT2D eigenvalue weighted by Crippen LogP contribution is -2.23. The van der Waals surface area contributed by atoms with Crippen molar-refractivity contribution >= 4 is 10.0 Å². The molecule has 0 unspecified atom stereocenters. The maximum Gasteiger partial charge on any atom is 0.387 e. The first-order valence-corrected chi connectivity index (χ1v) is 8.37. The van der Waals surface area contributed by atoms with Gasteiger partial charge in [-0.05, 0) is 54.8 Å². The molecule has 0 aliphatic rings. The van der Waals surface area contributed by atoms with Gasteiger partial charge in [-0.2, -0.15) is 8.78 Å². The molecule has 0 radical (unpaired) electrons. The van der Waals surface area contributed by atoms with Crippen LogP contribution in [0.15, 0.2) is 47.4 Å². The van der Waals surface area contributed by atoms with E-state index in [4.69, 9.17) is 0 Å². The summed E-state index contributed by atoms with van der Waals surface area (Å²) in [6, 6.07) is 10.7. The Kier molecular flexibility index (Phi) is 5.33. The monoisotopic (exact) mass is 341 g/mol. The van der Waals surface area contributed by atoms with Gasteiger partial charge in [-0.25, -0.2) is 13.1 Å². The Morgan fingerprint density at radius 2 is 1.70 bits per heavy atom. The van der Waals surface area contributed by atoms with E-state index in [2.05, 4.69) is 9.46 Å². The van der Waals surface area contributed by atoms with Gasteiger partial charge in [-0.3, -0.25) is 0 Å². The van der Waals surface area contributed by atoms with Crippen LogP contribution >= 0.6 is 0 Å². The molecule has 23 heavy (non-hydrogen) atoms. The first-order valence-electron chi connectivity index (χ1n) is 6.88. The molecule has 0 spiro atoms. The summed E-state index contributed by atoms with van der Waals surface area (Å²) in [6.07, 6.45) is 0. The first-order chi connectivity index (χ1) is 10.8. The van der Waals surface area contributed by atoms with Crippen LogP contribution in [0.3, 0.4) is 0 Å². The van der Waals surface area contributed by atoms with Crippen LogP contribution in [0.5, 0.6) is 5.75 Å². The molecule has 0 fully saturated rings. The predicted molar refractivity (Wildman–Crippen MR) is 83.0 cm³/mol. The summed E-state index contributed by atoms with van der Waals surface area (Å²) in [5, 5.41) is 0. The highest BCUT2D eigenvalue weighted by molar-refractivity contribution is 7.89. The topological polar surface area (TPSA) is 55.4 Å². The van der Waals surface area contributed by atoms with Gasteiger partial charge < -0.3 is 4.74 Å². The Hall–Kier alpha value is -1.99. The van der Waals surface area contributed by atoms with Crippen LogP contribution in [0.1, 0.15) is 16.7 Å². The maximum atomic E-state index is 12.2. The molecule has 124 valence electrons. The zero-order chi connectivity index (χ0) is 17.0. The first kappa shape index (κ1) is 17.4. The molecule has 0 amide bonds. The van der Waals surface area contributed by atoms with E-state index in [1.807, 2.05) is 13.8 Å². The molecule has 0 saturated heterocycles. The van der Waals surface area contributed by atoms with Crippen molar-refractivity contribution in [2.75, 3.05) is 0 Å². The largest absolute Gasteiger partial charge is 0.435 e. The number of alkyl halides is 2. The van der Waals surface area contributed by atoms with E-state index in [1.165, 1.54) is 24.3 Å². The quantitative estimate of drug-likeness (QED) is 0.876. The summed E-state index contributed by atoms with van der Waals surface area (Å²) in [7, 11) is -3.63. The lowest BCUT2D eigenvalue weighted by atomic mass is 10.1. The van der Waals surface area contributed by atoms with E-state index in [1.54, 1.807) is 18.2 Å². The van der Waals surface area contributed by atoms with Crippen molar-refractivity contribution in [2.45, 2.75) is 31.9 Å². The van der Waals surface area contributed by atoms with Crippen LogP contribution in [-0.4, -0.2) is 15.0 Å². The highest BCUT2D eigenvalue weighted by atomic mass is 32.2. The minimum atomic E-state index is -3.63. The van der Waals surface area contributed by atoms with Gasteiger partial charge in [0.1, 0.15) is 5.75 Å². The highest BCUT2D eigenvalue weighted by Crippen LogP contribution is 2.17. The number of nitrogens with one attached hydrogen (secondary N) is 1. The van der Waals surface area contributed by atoms with Crippen molar-refractivity contribution in [1.82, 2.24) is 4.72 Å². The fourth-order valence-corrected chi connectivity index (χ4v) is 3.03. The van der Waals surface area contributed by atoms with E-state index < -0.39 is 16.6 Å². The van der Waals surface area contributed by atoms with Gasteiger partial charge in [-0.1, -0.05) is 18.2 Å². The van der Waals surface area contributed by atoms with Gasteiger partial charge >= 0.3 is 6.61 Å². The molecule has 7 heteroatoms. The number of hydrogen-bond donors (Lipinski definition) is 1. The Morgan fingerprint density at radius 3 is 2.26 bits per heavy atom. The third-order valence-electron chi connectivity index (χ3n) is 3.40. The van der Waals surface area contributed by atoms with Crippen LogP contribution < -0.4 is 9.46 Å². The second-order valence-electron chi connectivity index (χ2n) is 5.09. The molecule has 0 saturated carbocycles. The van der Waals surface area contributed by atoms with Crippen LogP contribution in [0.4, 0.5) is 8.78 Å². The number of aryl methyl sites for hydroxylation is 2. The summed E-state index contributed by atoms with van der Waals surface area (Å²) < 4.78 is 55.3. The molecule has 0 heterocycles. The van der Waals surface area contributed by atoms with Gasteiger partial charge in [0.25, 0.3) is 0 Å². The third-order valence-corrected chi connectivity index (χ3v) is 4.80. The normalized spacial score (nSPS) is 11.7. The standard InChI is InChI=1S/C16H17F2NO3S/c1-11-3-8-15(9-12(11)2)23(20,21)19-10-13-4-6-14(7-5-13)22-16(17)18/h3-9,16,19H,10H2,1-2H3. The molecular weight excluding hydrogens is 324 g/mol. The van der Waals surface area contributed by atoms with E-state index in [0.717, 1.165) is 11.1 Å². The van der Waals surface area contributed by atoms with Crippen molar-refractivity contribution in [1.29, 1.82) is 0 Å². The molecule has 4 nitrogen and oxygen atoms in total. The number of halogens is 2. The second-order valence-corrected chi connectivity index (χ2v) is 6.86. The number of hydrogen-bond acceptors (Lipinski definition) is 3. The summed E-state index contributed by atoms with van der Waals surface area (Å²) >= 11 is 0. The lowest BCUT2D eigenvalue weighted by molar-refractivity contribution is -0.0498. The molecule has 2 aromatic rings. The fraction of sp³-hybridized carbons (Fsp3) is 0.250. The minimum Gasteiger partial charge on any atom is -0.435 e. The Morgan fingerprint density at radius 1 is 1.04 bits per heavy atom. The van der Waals surface area contributed by atoms with Gasteiger partial charge in [0.05, 0.1) is 4.90 Å². The third kappa shape index (κ3) is 4.74. The number of ether oxygens (including phenoxy) is 1. The Balaban J connectivity index is 2.05. The van der Waals surface area contributed by atoms with E-state index >= 15 is 0 Å². The zero-order valence-corrected chi connectivity index (χ0v) is 13.5. The summed E-state index contributed by atoms with van der Waals surface area (Å²) in [4.78, 5) is 0.193. The zero-order valence-electron chi connectivity index (χ0n) is 12.7. The van der Waals surface area contributed by atoms with E-state index in [-0.39, 0.29) is 17.2 Å². The fourth-order valence-electron chi connectivity index (χ4n) is 1.93. The smallest absolute Gasteiger partial charge is 0.387 e. The molecule has 0 aliphatic carbocycles. The van der Waals surface area contributed by atoms with Crippen LogP contribution in [0.25, 0.3) is 0 Å². The van der Waals surface area contributed by atoms with Crippen molar-refractivity contribution in [2.24, 2.45) is 0 Å². The van der Waals surface area contributed by atoms with Crippen molar-refractivity contribution in [3.8, 4) is 5.75 Å². The van der Waals surface area contributed by atoms with Gasteiger partial charge in [-0.15, -0.1) is 0 Å². The minimum absolute atomic E-state index is 0.0285. The molecule has 0 atom stereocenters. The van der Waals surface area contributed by atoms with Gasteiger partial charge in [0.15, 0.2) is 0 Å². The van der Waals surface area contributed by atoms with Gasteiger partial charge in [0.2, 0.25) is 10.0 Å². The second kappa shape index (κ2) is 7.06.